The van der Waals surface area contributed by atoms with Crippen LogP contribution in [-0.2, 0) is 114 Å². The molecule has 7 rings (SSSR count). The molecule has 0 saturated heterocycles. The zero-order chi connectivity index (χ0) is 103. The number of aromatic amines is 1. The van der Waals surface area contributed by atoms with E-state index in [9.17, 15) is 78.0 Å². The van der Waals surface area contributed by atoms with E-state index in [0.717, 1.165) is 10.8 Å². The number of hydrogen-bond donors (Lipinski definition) is 27. The summed E-state index contributed by atoms with van der Waals surface area (Å²) < 4.78 is 0. The second kappa shape index (κ2) is 59.0. The number of nitrogens with two attached hydrogens (primary N) is 6. The zero-order valence-corrected chi connectivity index (χ0v) is 80.0. The van der Waals surface area contributed by atoms with Crippen LogP contribution >= 0.6 is 24.2 Å². The summed E-state index contributed by atoms with van der Waals surface area (Å²) >= 11 is 10.4. The number of aromatic nitrogens is 1. The number of H-pyrrole nitrogens is 1. The predicted octanol–water partition coefficient (Wildman–Crippen LogP) is -2.42. The van der Waals surface area contributed by atoms with Crippen molar-refractivity contribution in [1.82, 2.24) is 79.4 Å². The highest BCUT2D eigenvalue weighted by atomic mass is 35.5. The average Bonchev–Trinajstić information content (AvgIpc) is 1.71. The maximum absolute atomic E-state index is 15.7. The molecule has 0 radical (unpaired) electrons. The fourth-order valence-electron chi connectivity index (χ4n) is 15.1. The molecule has 0 aliphatic heterocycles. The van der Waals surface area contributed by atoms with E-state index in [1.807, 2.05) is 41.7 Å². The largest absolute Gasteiger partial charge is 0.508 e. The Morgan fingerprint density at radius 2 is 0.766 bits per heavy atom. The van der Waals surface area contributed by atoms with Gasteiger partial charge >= 0.3 is 11.9 Å². The number of aromatic hydroxyl groups is 1. The summed E-state index contributed by atoms with van der Waals surface area (Å²) in [6, 6.07) is 18.5. The Morgan fingerprint density at radius 1 is 0.376 bits per heavy atom. The molecule has 0 spiro atoms. The molecule has 0 bridgehead atoms. The molecule has 0 unspecified atom stereocenters. The number of carbonyl (C=O) groups is 17. The molecule has 0 aliphatic carbocycles. The third-order valence-electron chi connectivity index (χ3n) is 23.0. The van der Waals surface area contributed by atoms with Crippen molar-refractivity contribution in [1.29, 1.82) is 0 Å². The number of rotatable bonds is 62. The molecule has 7 aromatic rings. The van der Waals surface area contributed by atoms with E-state index in [4.69, 9.17) is 51.1 Å². The number of unbranched alkanes of at least 4 members (excludes halogenated alkanes) is 4. The number of phenols is 1. The van der Waals surface area contributed by atoms with Gasteiger partial charge in [0.2, 0.25) is 88.6 Å². The Labute approximate surface area is 824 Å². The van der Waals surface area contributed by atoms with Gasteiger partial charge < -0.3 is 139 Å². The van der Waals surface area contributed by atoms with Gasteiger partial charge in [-0.25, -0.2) is 0 Å². The number of nitrogens with one attached hydrogen (secondary N) is 15. The van der Waals surface area contributed by atoms with Gasteiger partial charge in [0.1, 0.15) is 78.3 Å². The van der Waals surface area contributed by atoms with E-state index in [-0.39, 0.29) is 102 Å². The second-order valence-corrected chi connectivity index (χ2v) is 35.1. The number of carbonyl (C=O) groups excluding carboxylic acids is 15. The third kappa shape index (κ3) is 38.8. The molecule has 1 aromatic heterocycles. The Balaban J connectivity index is 1.08. The summed E-state index contributed by atoms with van der Waals surface area (Å²) in [5.41, 5.74) is 38.2. The second-order valence-electron chi connectivity index (χ2n) is 34.3. The standard InChI is InChI=1S/C96H130ClN21O22S/c1-53(119)81(95(139)104-41-17-13-24-65(101)84(128)106-51-78(122)107-77(52-141)94(138)115-76(49-80(125)126)92(136)110-70(83(103)127)48-79(123)124)117-93(137)73(43-55-18-4-3-5-19-55)116-96(140)82(54(2)120)118-87(131)69(27-12-16-40-100)109-91(135)75(47-61-50-105-67-25-9-8-22-64(61)67)114-89(133)72(45-57-31-36-63(121)37-32-57)112-88(132)71(44-56-29-34-62(97)35-30-56)113-90(134)74(46-58-28-33-59-20-6-7-21-60(59)42-58)111-86(130)68(26-11-15-39-99)108-85(129)66(102)23-10-14-38-98/h3-9,18-22,25,28-37,42,50,53-54,65-66,68-77,81-82,105,119-121,141H,10-17,23-24,26-27,38-41,43-49,51-52,98-102H2,1-2H3,(H2,103,127)(H,104,139)(H,106,128)(H,107,122)(H,108,129)(H,109,135)(H,110,136)(H,111,130)(H,112,132)(H,113,134)(H,114,133)(H,115,138)(H,116,140)(H,117,137)(H,118,131)(H,123,124)(H,125,126)/t53-,54-,65+,66-,68+,69+,70+,71+,72+,73+,74-,75-,76+,77+,81+,82+/m1/s1. The van der Waals surface area contributed by atoms with Crippen LogP contribution in [0.4, 0.5) is 0 Å². The summed E-state index contributed by atoms with van der Waals surface area (Å²) in [4.78, 5) is 239. The summed E-state index contributed by atoms with van der Waals surface area (Å²) in [5.74, 6) is -18.4. The number of halogens is 1. The molecular weight excluding hydrogens is 1870 g/mol. The molecule has 0 fully saturated rings. The molecular formula is C96H130ClN21O22S. The number of primary amides is 1. The first-order chi connectivity index (χ1) is 67.3. The van der Waals surface area contributed by atoms with Crippen LogP contribution in [0.15, 0.2) is 152 Å². The van der Waals surface area contributed by atoms with Crippen LogP contribution in [-0.4, -0.2) is 266 Å². The summed E-state index contributed by atoms with van der Waals surface area (Å²) in [5, 5.41) is 89.7. The maximum Gasteiger partial charge on any atom is 0.305 e. The molecule has 16 atom stereocenters. The van der Waals surface area contributed by atoms with Crippen LogP contribution < -0.4 is 109 Å². The molecule has 6 aromatic carbocycles. The summed E-state index contributed by atoms with van der Waals surface area (Å²) in [6.45, 7) is 2.28. The van der Waals surface area contributed by atoms with Crippen LogP contribution in [0.25, 0.3) is 21.7 Å². The topological polar surface area (TPSA) is 732 Å². The molecule has 141 heavy (non-hydrogen) atoms. The molecule has 45 heteroatoms. The van der Waals surface area contributed by atoms with Crippen LogP contribution in [0.2, 0.25) is 5.02 Å². The smallest absolute Gasteiger partial charge is 0.305 e. The van der Waals surface area contributed by atoms with Gasteiger partial charge in [0.05, 0.1) is 43.7 Å². The van der Waals surface area contributed by atoms with Gasteiger partial charge in [-0.3, -0.25) is 81.5 Å². The highest BCUT2D eigenvalue weighted by molar-refractivity contribution is 7.80. The van der Waals surface area contributed by atoms with E-state index in [1.165, 1.54) is 38.1 Å². The number of carboxylic acid groups (broad SMARTS) is 2. The predicted molar refractivity (Wildman–Crippen MR) is 525 cm³/mol. The quantitative estimate of drug-likeness (QED) is 0.0139. The van der Waals surface area contributed by atoms with E-state index in [2.05, 4.69) is 86.7 Å². The van der Waals surface area contributed by atoms with E-state index >= 15 is 24.0 Å². The molecule has 32 N–H and O–H groups in total. The lowest BCUT2D eigenvalue weighted by Crippen LogP contribution is -2.62. The minimum Gasteiger partial charge on any atom is -0.508 e. The van der Waals surface area contributed by atoms with Crippen molar-refractivity contribution >= 4 is 146 Å². The van der Waals surface area contributed by atoms with Gasteiger partial charge in [0.15, 0.2) is 0 Å². The first-order valence-electron chi connectivity index (χ1n) is 46.4. The molecule has 15 amide bonds. The number of hydrogen-bond acceptors (Lipinski definition) is 26. The number of aliphatic hydroxyl groups excluding tert-OH is 2. The number of aliphatic hydroxyl groups is 2. The maximum atomic E-state index is 15.7. The van der Waals surface area contributed by atoms with Gasteiger partial charge in [-0.1, -0.05) is 133 Å². The van der Waals surface area contributed by atoms with Gasteiger partial charge in [0.25, 0.3) is 0 Å². The summed E-state index contributed by atoms with van der Waals surface area (Å²) in [6.07, 6.45) is -2.01. The minimum absolute atomic E-state index is 0.0255. The SMILES string of the molecule is C[C@@H](O)[C@H](NC(=O)[C@H](Cc1ccccc1)NC(=O)[C@@H](NC(=O)[C@H](CCCCN)NC(=O)[C@@H](Cc1c[nH]c2ccccc12)NC(=O)[C@H](Cc1ccc(O)cc1)NC(=O)[C@H](Cc1ccc(Cl)cc1)NC(=O)[C@@H](Cc1ccc2ccccc2c1)NC(=O)[C@H](CCCCN)NC(=O)[C@H](N)CCCCN)[C@@H](C)O)C(=O)NCCCC[C@H](N)C(=O)NCC(=O)N[C@@H](CS)C(=O)N[C@@H](CC(=O)O)C(=O)N[C@@H](CC(=O)O)C(N)=O. The number of fused-ring (bicyclic) bond motifs is 2. The van der Waals surface area contributed by atoms with Crippen molar-refractivity contribution in [3.8, 4) is 5.75 Å². The van der Waals surface area contributed by atoms with Gasteiger partial charge in [-0.05, 0) is 173 Å². The monoisotopic (exact) mass is 2000 g/mol. The Morgan fingerprint density at radius 3 is 1.29 bits per heavy atom. The van der Waals surface area contributed by atoms with E-state index in [0.29, 0.717) is 82.4 Å². The Bertz CT molecular complexity index is 5390. The van der Waals surface area contributed by atoms with E-state index < -0.39 is 222 Å². The normalized spacial score (nSPS) is 14.6. The number of thiol groups is 1. The number of para-hydroxylation sites is 1. The molecule has 1 heterocycles. The highest BCUT2D eigenvalue weighted by Gasteiger charge is 2.40. The third-order valence-corrected chi connectivity index (χ3v) is 23.6. The van der Waals surface area contributed by atoms with Crippen molar-refractivity contribution in [2.24, 2.45) is 34.4 Å². The van der Waals surface area contributed by atoms with Crippen molar-refractivity contribution in [3.05, 3.63) is 185 Å². The van der Waals surface area contributed by atoms with Gasteiger partial charge in [0, 0.05) is 66.5 Å². The van der Waals surface area contributed by atoms with Gasteiger partial charge in [-0.2, -0.15) is 12.6 Å². The highest BCUT2D eigenvalue weighted by Crippen LogP contribution is 2.23. The van der Waals surface area contributed by atoms with Crippen LogP contribution in [0.5, 0.6) is 5.75 Å². The lowest BCUT2D eigenvalue weighted by atomic mass is 9.98. The fraction of sp³-hybridized carbons (Fsp3) is 0.448. The number of aliphatic carboxylic acids is 2. The molecule has 0 aliphatic rings. The first kappa shape index (κ1) is 114. The average molecular weight is 2000 g/mol. The number of amides is 15. The van der Waals surface area contributed by atoms with Gasteiger partial charge in [-0.15, -0.1) is 0 Å². The Kier molecular flexibility index (Phi) is 47.8. The van der Waals surface area contributed by atoms with Crippen molar-refractivity contribution in [2.75, 3.05) is 38.5 Å². The lowest BCUT2D eigenvalue weighted by Gasteiger charge is -2.29. The number of carboxylic acids is 2. The fourth-order valence-corrected chi connectivity index (χ4v) is 15.5. The number of phenolic OH excluding ortho intramolecular Hbond substituents is 1. The van der Waals surface area contributed by atoms with Crippen molar-refractivity contribution in [3.63, 3.8) is 0 Å². The van der Waals surface area contributed by atoms with Crippen LogP contribution in [0.1, 0.15) is 132 Å². The summed E-state index contributed by atoms with van der Waals surface area (Å²) in [7, 11) is 0. The van der Waals surface area contributed by atoms with Crippen molar-refractivity contribution < 1.29 is 107 Å². The molecule has 0 saturated carbocycles. The van der Waals surface area contributed by atoms with Crippen LogP contribution in [0, 0.1) is 0 Å². The van der Waals surface area contributed by atoms with Crippen molar-refractivity contribution in [2.45, 2.75) is 233 Å². The Hall–Kier alpha value is -13.7. The zero-order valence-electron chi connectivity index (χ0n) is 78.3. The molecule has 43 nitrogen and oxygen atoms in total. The first-order valence-corrected chi connectivity index (χ1v) is 47.4. The van der Waals surface area contributed by atoms with E-state index in [1.54, 1.807) is 91.1 Å². The lowest BCUT2D eigenvalue weighted by molar-refractivity contribution is -0.143. The minimum atomic E-state index is -1.90. The molecule has 764 valence electrons. The van der Waals surface area contributed by atoms with Crippen LogP contribution in [0.3, 0.4) is 0 Å². The number of benzene rings is 6.